The summed E-state index contributed by atoms with van der Waals surface area (Å²) in [7, 11) is 1.44. The van der Waals surface area contributed by atoms with Gasteiger partial charge < -0.3 is 4.74 Å². The molecule has 0 amide bonds. The number of hydrogen-bond donors (Lipinski definition) is 0. The maximum atomic E-state index is 10.8. The zero-order chi connectivity index (χ0) is 13.5. The topological polar surface area (TPSA) is 26.3 Å². The number of terminal acetylenes is 1. The Morgan fingerprint density at radius 2 is 1.67 bits per heavy atom. The smallest absolute Gasteiger partial charge is 0.306 e. The third-order valence-electron chi connectivity index (χ3n) is 2.79. The molecule has 0 aliphatic rings. The third kappa shape index (κ3) is 13.4. The first-order valence-corrected chi connectivity index (χ1v) is 8.04. The molecular weight excluding hydrogens is 244 g/mol. The summed E-state index contributed by atoms with van der Waals surface area (Å²) < 4.78 is 4.59. The zero-order valence-corrected chi connectivity index (χ0v) is 12.4. The van der Waals surface area contributed by atoms with Crippen molar-refractivity contribution in [2.75, 3.05) is 18.6 Å². The van der Waals surface area contributed by atoms with Gasteiger partial charge in [-0.05, 0) is 18.6 Å². The average Bonchev–Trinajstić information content (AvgIpc) is 2.39. The number of hydrogen-bond acceptors (Lipinski definition) is 3. The molecule has 0 heterocycles. The van der Waals surface area contributed by atoms with Crippen molar-refractivity contribution in [2.45, 2.75) is 57.8 Å². The lowest BCUT2D eigenvalue weighted by Gasteiger charge is -2.02. The van der Waals surface area contributed by atoms with Crippen molar-refractivity contribution >= 4 is 17.7 Å². The lowest BCUT2D eigenvalue weighted by atomic mass is 10.1. The molecular formula is C15H26O2S. The van der Waals surface area contributed by atoms with Gasteiger partial charge in [0.15, 0.2) is 0 Å². The Labute approximate surface area is 116 Å². The highest BCUT2D eigenvalue weighted by Gasteiger charge is 1.99. The summed E-state index contributed by atoms with van der Waals surface area (Å²) in [5, 5.41) is 0. The van der Waals surface area contributed by atoms with Crippen LogP contribution in [0.4, 0.5) is 0 Å². The Morgan fingerprint density at radius 3 is 2.28 bits per heavy atom. The maximum absolute atomic E-state index is 10.8. The minimum Gasteiger partial charge on any atom is -0.469 e. The van der Waals surface area contributed by atoms with E-state index in [1.54, 1.807) is 0 Å². The summed E-state index contributed by atoms with van der Waals surface area (Å²) in [5.41, 5.74) is 0. The number of carbonyl (C=O) groups is 1. The second-order valence-electron chi connectivity index (χ2n) is 4.37. The van der Waals surface area contributed by atoms with Gasteiger partial charge in [-0.2, -0.15) is 11.8 Å². The normalized spacial score (nSPS) is 10.0. The highest BCUT2D eigenvalue weighted by molar-refractivity contribution is 7.99. The van der Waals surface area contributed by atoms with E-state index in [2.05, 4.69) is 10.7 Å². The van der Waals surface area contributed by atoms with Gasteiger partial charge in [0.1, 0.15) is 0 Å². The second kappa shape index (κ2) is 14.4. The van der Waals surface area contributed by atoms with E-state index in [0.717, 1.165) is 17.9 Å². The molecule has 0 aliphatic heterocycles. The Balaban J connectivity index is 2.99. The molecule has 0 aliphatic carbocycles. The molecule has 0 bridgehead atoms. The molecule has 0 spiro atoms. The van der Waals surface area contributed by atoms with E-state index < -0.39 is 0 Å². The van der Waals surface area contributed by atoms with E-state index in [1.165, 1.54) is 52.1 Å². The van der Waals surface area contributed by atoms with Crippen molar-refractivity contribution in [1.82, 2.24) is 0 Å². The summed E-state index contributed by atoms with van der Waals surface area (Å²) in [6.45, 7) is 0. The molecule has 0 radical (unpaired) electrons. The van der Waals surface area contributed by atoms with Crippen LogP contribution >= 0.6 is 11.8 Å². The predicted molar refractivity (Wildman–Crippen MR) is 79.7 cm³/mol. The number of ether oxygens (including phenoxy) is 1. The molecule has 0 unspecified atom stereocenters. The van der Waals surface area contributed by atoms with Crippen LogP contribution in [-0.2, 0) is 9.53 Å². The molecule has 0 aromatic heterocycles. The van der Waals surface area contributed by atoms with E-state index in [4.69, 9.17) is 6.42 Å². The summed E-state index contributed by atoms with van der Waals surface area (Å²) in [6, 6.07) is 0. The van der Waals surface area contributed by atoms with Gasteiger partial charge in [-0.15, -0.1) is 12.3 Å². The van der Waals surface area contributed by atoms with Crippen LogP contribution in [0.25, 0.3) is 0 Å². The Kier molecular flexibility index (Phi) is 13.9. The lowest BCUT2D eigenvalue weighted by molar-refractivity contribution is -0.140. The van der Waals surface area contributed by atoms with Crippen LogP contribution in [0.5, 0.6) is 0 Å². The van der Waals surface area contributed by atoms with E-state index in [9.17, 15) is 4.79 Å². The number of thioether (sulfide) groups is 1. The minimum absolute atomic E-state index is 0.102. The van der Waals surface area contributed by atoms with Gasteiger partial charge in [-0.1, -0.05) is 32.1 Å². The van der Waals surface area contributed by atoms with Gasteiger partial charge in [0, 0.05) is 12.2 Å². The Morgan fingerprint density at radius 1 is 1.06 bits per heavy atom. The van der Waals surface area contributed by atoms with Crippen molar-refractivity contribution in [2.24, 2.45) is 0 Å². The number of esters is 1. The third-order valence-corrected chi connectivity index (χ3v) is 3.86. The van der Waals surface area contributed by atoms with Crippen LogP contribution in [0.2, 0.25) is 0 Å². The van der Waals surface area contributed by atoms with Gasteiger partial charge in [0.05, 0.1) is 13.5 Å². The van der Waals surface area contributed by atoms with E-state index >= 15 is 0 Å². The fourth-order valence-electron chi connectivity index (χ4n) is 1.67. The number of rotatable bonds is 12. The van der Waals surface area contributed by atoms with Gasteiger partial charge in [-0.3, -0.25) is 4.79 Å². The summed E-state index contributed by atoms with van der Waals surface area (Å²) >= 11 is 1.85. The molecule has 0 fully saturated rings. The van der Waals surface area contributed by atoms with E-state index in [-0.39, 0.29) is 5.97 Å². The number of carbonyl (C=O) groups excluding carboxylic acids is 1. The molecule has 0 saturated heterocycles. The SMILES string of the molecule is C#CCCCCCCCCCSCCC(=O)OC. The van der Waals surface area contributed by atoms with Gasteiger partial charge >= 0.3 is 5.97 Å². The molecule has 0 N–H and O–H groups in total. The summed E-state index contributed by atoms with van der Waals surface area (Å²) in [4.78, 5) is 10.8. The number of methoxy groups -OCH3 is 1. The van der Waals surface area contributed by atoms with Crippen LogP contribution in [0.3, 0.4) is 0 Å². The first-order valence-electron chi connectivity index (χ1n) is 6.89. The maximum Gasteiger partial charge on any atom is 0.306 e. The molecule has 3 heteroatoms. The highest BCUT2D eigenvalue weighted by Crippen LogP contribution is 2.11. The fourth-order valence-corrected chi connectivity index (χ4v) is 2.60. The molecule has 2 nitrogen and oxygen atoms in total. The largest absolute Gasteiger partial charge is 0.469 e. The zero-order valence-electron chi connectivity index (χ0n) is 11.6. The van der Waals surface area contributed by atoms with Crippen molar-refractivity contribution in [3.05, 3.63) is 0 Å². The fraction of sp³-hybridized carbons (Fsp3) is 0.800. The lowest BCUT2D eigenvalue weighted by Crippen LogP contribution is -2.01. The molecule has 0 atom stereocenters. The minimum atomic E-state index is -0.102. The molecule has 0 aromatic carbocycles. The van der Waals surface area contributed by atoms with Crippen molar-refractivity contribution in [1.29, 1.82) is 0 Å². The van der Waals surface area contributed by atoms with Crippen LogP contribution < -0.4 is 0 Å². The van der Waals surface area contributed by atoms with Crippen LogP contribution in [0.15, 0.2) is 0 Å². The first-order chi connectivity index (χ1) is 8.81. The molecule has 0 rings (SSSR count). The quantitative estimate of drug-likeness (QED) is 0.304. The monoisotopic (exact) mass is 270 g/mol. The van der Waals surface area contributed by atoms with Crippen LogP contribution in [0, 0.1) is 12.3 Å². The summed E-state index contributed by atoms with van der Waals surface area (Å²) in [6.07, 6.45) is 15.7. The Hall–Kier alpha value is -0.620. The molecule has 0 aromatic rings. The van der Waals surface area contributed by atoms with Gasteiger partial charge in [-0.25, -0.2) is 0 Å². The molecule has 18 heavy (non-hydrogen) atoms. The first kappa shape index (κ1) is 17.4. The predicted octanol–water partition coefficient (Wildman–Crippen LogP) is 4.04. The Bertz CT molecular complexity index is 233. The van der Waals surface area contributed by atoms with E-state index in [1.807, 2.05) is 11.8 Å². The number of unbranched alkanes of at least 4 members (excludes halogenated alkanes) is 7. The standard InChI is InChI=1S/C15H26O2S/c1-3-4-5-6-7-8-9-10-11-13-18-14-12-15(16)17-2/h1H,4-14H2,2H3. The van der Waals surface area contributed by atoms with E-state index in [0.29, 0.717) is 6.42 Å². The van der Waals surface area contributed by atoms with Crippen molar-refractivity contribution in [3.8, 4) is 12.3 Å². The van der Waals surface area contributed by atoms with Crippen LogP contribution in [0.1, 0.15) is 57.8 Å². The summed E-state index contributed by atoms with van der Waals surface area (Å²) in [5.74, 6) is 4.62. The molecule has 0 saturated carbocycles. The average molecular weight is 270 g/mol. The highest BCUT2D eigenvalue weighted by atomic mass is 32.2. The second-order valence-corrected chi connectivity index (χ2v) is 5.59. The van der Waals surface area contributed by atoms with Crippen molar-refractivity contribution < 1.29 is 9.53 Å². The van der Waals surface area contributed by atoms with Gasteiger partial charge in [0.25, 0.3) is 0 Å². The molecule has 104 valence electrons. The van der Waals surface area contributed by atoms with Crippen molar-refractivity contribution in [3.63, 3.8) is 0 Å². The van der Waals surface area contributed by atoms with Gasteiger partial charge in [0.2, 0.25) is 0 Å². The van der Waals surface area contributed by atoms with Crippen LogP contribution in [-0.4, -0.2) is 24.6 Å².